The van der Waals surface area contributed by atoms with Crippen molar-refractivity contribution < 1.29 is 14.2 Å². The standard InChI is InChI=1S/C14H18ClFO2/c1-2-3-11-9-14(17,6-7-18-11)12-5-4-10(15)8-13(12)16/h4-5,8,11,17H,2-3,6-7,9H2,1H3. The largest absolute Gasteiger partial charge is 0.385 e. The first kappa shape index (κ1) is 13.8. The number of ether oxygens (including phenoxy) is 1. The molecule has 0 aromatic heterocycles. The monoisotopic (exact) mass is 272 g/mol. The third-order valence-electron chi connectivity index (χ3n) is 3.48. The van der Waals surface area contributed by atoms with E-state index in [2.05, 4.69) is 6.92 Å². The second-order valence-corrected chi connectivity index (χ2v) is 5.33. The van der Waals surface area contributed by atoms with Crippen LogP contribution in [0, 0.1) is 5.82 Å². The van der Waals surface area contributed by atoms with Crippen molar-refractivity contribution in [1.29, 1.82) is 0 Å². The van der Waals surface area contributed by atoms with Gasteiger partial charge in [0.2, 0.25) is 0 Å². The lowest BCUT2D eigenvalue weighted by atomic mass is 9.82. The first-order valence-corrected chi connectivity index (χ1v) is 6.72. The summed E-state index contributed by atoms with van der Waals surface area (Å²) in [5, 5.41) is 11.0. The van der Waals surface area contributed by atoms with Gasteiger partial charge in [-0.15, -0.1) is 0 Å². The predicted molar refractivity (Wildman–Crippen MR) is 69.2 cm³/mol. The van der Waals surface area contributed by atoms with Crippen LogP contribution in [-0.4, -0.2) is 17.8 Å². The molecule has 4 heteroatoms. The van der Waals surface area contributed by atoms with Gasteiger partial charge in [-0.25, -0.2) is 4.39 Å². The molecule has 1 aromatic carbocycles. The summed E-state index contributed by atoms with van der Waals surface area (Å²) < 4.78 is 19.5. The van der Waals surface area contributed by atoms with Crippen LogP contribution in [0.3, 0.4) is 0 Å². The Morgan fingerprint density at radius 2 is 2.33 bits per heavy atom. The molecule has 0 spiro atoms. The zero-order valence-corrected chi connectivity index (χ0v) is 11.2. The lowest BCUT2D eigenvalue weighted by molar-refractivity contribution is -0.111. The molecule has 1 fully saturated rings. The van der Waals surface area contributed by atoms with Crippen molar-refractivity contribution in [2.75, 3.05) is 6.61 Å². The Labute approximate surface area is 112 Å². The van der Waals surface area contributed by atoms with Crippen molar-refractivity contribution in [2.24, 2.45) is 0 Å². The zero-order chi connectivity index (χ0) is 13.2. The molecule has 1 aliphatic rings. The summed E-state index contributed by atoms with van der Waals surface area (Å²) in [5.41, 5.74) is -0.802. The highest BCUT2D eigenvalue weighted by Crippen LogP contribution is 2.37. The van der Waals surface area contributed by atoms with Gasteiger partial charge >= 0.3 is 0 Å². The van der Waals surface area contributed by atoms with Crippen molar-refractivity contribution in [1.82, 2.24) is 0 Å². The lowest BCUT2D eigenvalue weighted by Gasteiger charge is -2.37. The van der Waals surface area contributed by atoms with Gasteiger partial charge in [0, 0.05) is 23.4 Å². The van der Waals surface area contributed by atoms with Gasteiger partial charge in [0.25, 0.3) is 0 Å². The van der Waals surface area contributed by atoms with E-state index in [1.165, 1.54) is 6.07 Å². The summed E-state index contributed by atoms with van der Waals surface area (Å²) in [6, 6.07) is 4.44. The van der Waals surface area contributed by atoms with Crippen LogP contribution in [0.4, 0.5) is 4.39 Å². The summed E-state index contributed by atoms with van der Waals surface area (Å²) in [5.74, 6) is -0.442. The molecule has 2 atom stereocenters. The van der Waals surface area contributed by atoms with Gasteiger partial charge in [-0.1, -0.05) is 31.0 Å². The number of benzene rings is 1. The first-order valence-electron chi connectivity index (χ1n) is 6.34. The van der Waals surface area contributed by atoms with Gasteiger partial charge in [0.1, 0.15) is 5.82 Å². The van der Waals surface area contributed by atoms with Crippen LogP contribution < -0.4 is 0 Å². The molecule has 1 heterocycles. The molecule has 18 heavy (non-hydrogen) atoms. The van der Waals surface area contributed by atoms with E-state index < -0.39 is 11.4 Å². The van der Waals surface area contributed by atoms with Crippen LogP contribution in [0.15, 0.2) is 18.2 Å². The number of rotatable bonds is 3. The molecule has 0 bridgehead atoms. The van der Waals surface area contributed by atoms with Gasteiger partial charge in [0.05, 0.1) is 18.3 Å². The minimum Gasteiger partial charge on any atom is -0.385 e. The average Bonchev–Trinajstić information content (AvgIpc) is 2.28. The molecule has 0 saturated carbocycles. The second-order valence-electron chi connectivity index (χ2n) is 4.89. The number of halogens is 2. The summed E-state index contributed by atoms with van der Waals surface area (Å²) in [6.07, 6.45) is 2.75. The predicted octanol–water partition coefficient (Wildman–Crippen LogP) is 3.65. The number of hydrogen-bond acceptors (Lipinski definition) is 2. The van der Waals surface area contributed by atoms with E-state index >= 15 is 0 Å². The Balaban J connectivity index is 2.24. The molecule has 1 N–H and O–H groups in total. The quantitative estimate of drug-likeness (QED) is 0.910. The van der Waals surface area contributed by atoms with E-state index in [-0.39, 0.29) is 6.10 Å². The molecule has 0 aliphatic carbocycles. The summed E-state index contributed by atoms with van der Waals surface area (Å²) in [6.45, 7) is 2.53. The number of aliphatic hydroxyl groups is 1. The average molecular weight is 273 g/mol. The third-order valence-corrected chi connectivity index (χ3v) is 3.71. The highest BCUT2D eigenvalue weighted by atomic mass is 35.5. The van der Waals surface area contributed by atoms with Crippen molar-refractivity contribution in [3.05, 3.63) is 34.6 Å². The Bertz CT molecular complexity index is 422. The number of hydrogen-bond donors (Lipinski definition) is 1. The van der Waals surface area contributed by atoms with E-state index in [0.29, 0.717) is 30.0 Å². The smallest absolute Gasteiger partial charge is 0.130 e. The fourth-order valence-corrected chi connectivity index (χ4v) is 2.71. The Morgan fingerprint density at radius 3 is 3.00 bits per heavy atom. The van der Waals surface area contributed by atoms with Crippen LogP contribution in [-0.2, 0) is 10.3 Å². The zero-order valence-electron chi connectivity index (χ0n) is 10.5. The first-order chi connectivity index (χ1) is 8.55. The van der Waals surface area contributed by atoms with Crippen LogP contribution in [0.2, 0.25) is 5.02 Å². The second kappa shape index (κ2) is 5.55. The molecule has 1 aromatic rings. The van der Waals surface area contributed by atoms with Gasteiger partial charge in [0.15, 0.2) is 0 Å². The molecule has 1 aliphatic heterocycles. The molecular weight excluding hydrogens is 255 g/mol. The highest BCUT2D eigenvalue weighted by Gasteiger charge is 2.38. The Morgan fingerprint density at radius 1 is 1.56 bits per heavy atom. The maximum Gasteiger partial charge on any atom is 0.130 e. The van der Waals surface area contributed by atoms with Gasteiger partial charge in [-0.05, 0) is 18.6 Å². The van der Waals surface area contributed by atoms with Gasteiger partial charge in [-0.2, -0.15) is 0 Å². The molecule has 100 valence electrons. The minimum atomic E-state index is -1.13. The maximum absolute atomic E-state index is 13.9. The van der Waals surface area contributed by atoms with Crippen LogP contribution in [0.25, 0.3) is 0 Å². The van der Waals surface area contributed by atoms with E-state index in [1.807, 2.05) is 0 Å². The minimum absolute atomic E-state index is 0.00354. The van der Waals surface area contributed by atoms with Crippen LogP contribution >= 0.6 is 11.6 Å². The molecule has 0 amide bonds. The molecule has 2 rings (SSSR count). The molecule has 1 saturated heterocycles. The van der Waals surface area contributed by atoms with Crippen molar-refractivity contribution >= 4 is 11.6 Å². The highest BCUT2D eigenvalue weighted by molar-refractivity contribution is 6.30. The third kappa shape index (κ3) is 2.85. The molecule has 0 radical (unpaired) electrons. The summed E-state index contributed by atoms with van der Waals surface area (Å²) in [7, 11) is 0. The van der Waals surface area contributed by atoms with Gasteiger partial charge < -0.3 is 9.84 Å². The fraction of sp³-hybridized carbons (Fsp3) is 0.571. The fourth-order valence-electron chi connectivity index (χ4n) is 2.55. The topological polar surface area (TPSA) is 29.5 Å². The normalized spacial score (nSPS) is 28.3. The Kier molecular flexibility index (Phi) is 4.25. The molecule has 2 unspecified atom stereocenters. The molecular formula is C14H18ClFO2. The maximum atomic E-state index is 13.9. The summed E-state index contributed by atoms with van der Waals surface area (Å²) >= 11 is 5.73. The Hall–Kier alpha value is -0.640. The summed E-state index contributed by atoms with van der Waals surface area (Å²) in [4.78, 5) is 0. The van der Waals surface area contributed by atoms with E-state index in [9.17, 15) is 9.50 Å². The molecule has 2 nitrogen and oxygen atoms in total. The van der Waals surface area contributed by atoms with Crippen LogP contribution in [0.1, 0.15) is 38.2 Å². The van der Waals surface area contributed by atoms with E-state index in [4.69, 9.17) is 16.3 Å². The van der Waals surface area contributed by atoms with Crippen molar-refractivity contribution in [2.45, 2.75) is 44.3 Å². The van der Waals surface area contributed by atoms with Crippen molar-refractivity contribution in [3.8, 4) is 0 Å². The van der Waals surface area contributed by atoms with Crippen LogP contribution in [0.5, 0.6) is 0 Å². The van der Waals surface area contributed by atoms with E-state index in [1.54, 1.807) is 12.1 Å². The van der Waals surface area contributed by atoms with Crippen molar-refractivity contribution in [3.63, 3.8) is 0 Å². The SMILES string of the molecule is CCCC1CC(O)(c2ccc(Cl)cc2F)CCO1. The van der Waals surface area contributed by atoms with Gasteiger partial charge in [-0.3, -0.25) is 0 Å². The van der Waals surface area contributed by atoms with E-state index in [0.717, 1.165) is 12.8 Å². The lowest BCUT2D eigenvalue weighted by Crippen LogP contribution is -2.39.